The monoisotopic (exact) mass is 334 g/mol. The van der Waals surface area contributed by atoms with Crippen molar-refractivity contribution >= 4 is 12.0 Å². The van der Waals surface area contributed by atoms with Gasteiger partial charge in [-0.05, 0) is 30.0 Å². The maximum Gasteiger partial charge on any atom is 0.409 e. The zero-order valence-corrected chi connectivity index (χ0v) is 14.9. The van der Waals surface area contributed by atoms with E-state index in [0.717, 1.165) is 12.0 Å². The van der Waals surface area contributed by atoms with Crippen LogP contribution in [0.1, 0.15) is 42.1 Å². The van der Waals surface area contributed by atoms with E-state index in [4.69, 9.17) is 9.47 Å². The first-order valence-electron chi connectivity index (χ1n) is 8.28. The summed E-state index contributed by atoms with van der Waals surface area (Å²) in [5.74, 6) is 0.906. The molecule has 0 atom stereocenters. The molecule has 132 valence electrons. The summed E-state index contributed by atoms with van der Waals surface area (Å²) in [6.45, 7) is 6.38. The molecular formula is C18H26N2O4. The topological polar surface area (TPSA) is 59.1 Å². The predicted molar refractivity (Wildman–Crippen MR) is 91.6 cm³/mol. The molecule has 0 unspecified atom stereocenters. The number of nitrogens with zero attached hydrogens (tertiary/aromatic N) is 2. The van der Waals surface area contributed by atoms with Gasteiger partial charge in [0.1, 0.15) is 5.75 Å². The van der Waals surface area contributed by atoms with Gasteiger partial charge in [0.05, 0.1) is 19.8 Å². The van der Waals surface area contributed by atoms with Crippen LogP contribution in [0.3, 0.4) is 0 Å². The molecule has 6 heteroatoms. The SMILES string of the molecule is COC(=O)N1CCCN(C(=O)c2ccc(C(C)C)cc2OC)CC1. The lowest BCUT2D eigenvalue weighted by molar-refractivity contribution is 0.0754. The third-order valence-electron chi connectivity index (χ3n) is 4.34. The molecule has 0 N–H and O–H groups in total. The highest BCUT2D eigenvalue weighted by Gasteiger charge is 2.25. The average Bonchev–Trinajstić information content (AvgIpc) is 2.85. The Hall–Kier alpha value is -2.24. The van der Waals surface area contributed by atoms with Gasteiger partial charge < -0.3 is 19.3 Å². The molecule has 24 heavy (non-hydrogen) atoms. The smallest absolute Gasteiger partial charge is 0.409 e. The van der Waals surface area contributed by atoms with E-state index in [0.29, 0.717) is 43.4 Å². The molecule has 0 aromatic heterocycles. The maximum atomic E-state index is 12.9. The zero-order valence-electron chi connectivity index (χ0n) is 14.9. The highest BCUT2D eigenvalue weighted by atomic mass is 16.5. The summed E-state index contributed by atoms with van der Waals surface area (Å²) in [4.78, 5) is 27.9. The number of amides is 2. The lowest BCUT2D eigenvalue weighted by Gasteiger charge is -2.22. The Morgan fingerprint density at radius 3 is 2.33 bits per heavy atom. The standard InChI is InChI=1S/C18H26N2O4/c1-13(2)14-6-7-15(16(12-14)23-3)17(21)19-8-5-9-20(11-10-19)18(22)24-4/h6-7,12-13H,5,8-11H2,1-4H3. The van der Waals surface area contributed by atoms with Crippen molar-refractivity contribution in [3.05, 3.63) is 29.3 Å². The quantitative estimate of drug-likeness (QED) is 0.853. The minimum absolute atomic E-state index is 0.0612. The highest BCUT2D eigenvalue weighted by molar-refractivity contribution is 5.97. The van der Waals surface area contributed by atoms with Crippen LogP contribution in [0.15, 0.2) is 18.2 Å². The summed E-state index contributed by atoms with van der Waals surface area (Å²) in [5, 5.41) is 0. The number of benzene rings is 1. The van der Waals surface area contributed by atoms with Gasteiger partial charge in [0, 0.05) is 26.2 Å². The molecule has 2 rings (SSSR count). The Labute approximate surface area is 143 Å². The van der Waals surface area contributed by atoms with E-state index in [2.05, 4.69) is 13.8 Å². The van der Waals surface area contributed by atoms with E-state index in [-0.39, 0.29) is 12.0 Å². The van der Waals surface area contributed by atoms with Gasteiger partial charge in [-0.1, -0.05) is 19.9 Å². The van der Waals surface area contributed by atoms with E-state index in [9.17, 15) is 9.59 Å². The van der Waals surface area contributed by atoms with Gasteiger partial charge >= 0.3 is 6.09 Å². The van der Waals surface area contributed by atoms with Gasteiger partial charge in [-0.2, -0.15) is 0 Å². The van der Waals surface area contributed by atoms with Crippen LogP contribution in [-0.2, 0) is 4.74 Å². The minimum atomic E-state index is -0.344. The lowest BCUT2D eigenvalue weighted by atomic mass is 10.0. The Morgan fingerprint density at radius 1 is 1.04 bits per heavy atom. The second-order valence-electron chi connectivity index (χ2n) is 6.22. The van der Waals surface area contributed by atoms with Crippen molar-refractivity contribution < 1.29 is 19.1 Å². The third kappa shape index (κ3) is 3.99. The number of hydrogen-bond donors (Lipinski definition) is 0. The zero-order chi connectivity index (χ0) is 17.7. The molecule has 1 aromatic carbocycles. The van der Waals surface area contributed by atoms with Gasteiger partial charge in [-0.3, -0.25) is 4.79 Å². The first-order chi connectivity index (χ1) is 11.5. The largest absolute Gasteiger partial charge is 0.496 e. The molecular weight excluding hydrogens is 308 g/mol. The van der Waals surface area contributed by atoms with Gasteiger partial charge in [-0.15, -0.1) is 0 Å². The molecule has 0 bridgehead atoms. The normalized spacial score (nSPS) is 15.2. The molecule has 0 radical (unpaired) electrons. The molecule has 1 aromatic rings. The molecule has 1 aliphatic rings. The molecule has 0 aliphatic carbocycles. The second-order valence-corrected chi connectivity index (χ2v) is 6.22. The predicted octanol–water partition coefficient (Wildman–Crippen LogP) is 2.73. The lowest BCUT2D eigenvalue weighted by Crippen LogP contribution is -2.37. The van der Waals surface area contributed by atoms with Crippen LogP contribution < -0.4 is 4.74 Å². The Balaban J connectivity index is 2.15. The van der Waals surface area contributed by atoms with Crippen LogP contribution in [0, 0.1) is 0 Å². The minimum Gasteiger partial charge on any atom is -0.496 e. The van der Waals surface area contributed by atoms with Crippen molar-refractivity contribution in [1.29, 1.82) is 0 Å². The Morgan fingerprint density at radius 2 is 1.71 bits per heavy atom. The molecule has 1 aliphatic heterocycles. The number of ether oxygens (including phenoxy) is 2. The van der Waals surface area contributed by atoms with E-state index >= 15 is 0 Å². The van der Waals surface area contributed by atoms with E-state index in [1.165, 1.54) is 7.11 Å². The number of hydrogen-bond acceptors (Lipinski definition) is 4. The van der Waals surface area contributed by atoms with E-state index in [1.54, 1.807) is 16.9 Å². The summed E-state index contributed by atoms with van der Waals surface area (Å²) >= 11 is 0. The summed E-state index contributed by atoms with van der Waals surface area (Å²) < 4.78 is 10.2. The molecule has 2 amide bonds. The third-order valence-corrected chi connectivity index (χ3v) is 4.34. The van der Waals surface area contributed by atoms with Crippen molar-refractivity contribution in [3.63, 3.8) is 0 Å². The van der Waals surface area contributed by atoms with Crippen LogP contribution in [-0.4, -0.2) is 62.2 Å². The van der Waals surface area contributed by atoms with Crippen LogP contribution in [0.25, 0.3) is 0 Å². The molecule has 1 heterocycles. The van der Waals surface area contributed by atoms with Crippen molar-refractivity contribution in [3.8, 4) is 5.75 Å². The van der Waals surface area contributed by atoms with Crippen LogP contribution >= 0.6 is 0 Å². The van der Waals surface area contributed by atoms with Crippen molar-refractivity contribution in [2.45, 2.75) is 26.2 Å². The Bertz CT molecular complexity index is 601. The van der Waals surface area contributed by atoms with Gasteiger partial charge in [-0.25, -0.2) is 4.79 Å². The molecule has 0 saturated carbocycles. The molecule has 1 saturated heterocycles. The van der Waals surface area contributed by atoms with Crippen LogP contribution in [0.2, 0.25) is 0 Å². The fraction of sp³-hybridized carbons (Fsp3) is 0.556. The molecule has 0 spiro atoms. The van der Waals surface area contributed by atoms with Gasteiger partial charge in [0.25, 0.3) is 5.91 Å². The summed E-state index contributed by atoms with van der Waals surface area (Å²) in [6, 6.07) is 5.73. The van der Waals surface area contributed by atoms with Crippen LogP contribution in [0.5, 0.6) is 5.75 Å². The van der Waals surface area contributed by atoms with Gasteiger partial charge in [0.15, 0.2) is 0 Å². The van der Waals surface area contributed by atoms with Crippen molar-refractivity contribution in [2.24, 2.45) is 0 Å². The van der Waals surface area contributed by atoms with Crippen molar-refractivity contribution in [2.75, 3.05) is 40.4 Å². The molecule has 6 nitrogen and oxygen atoms in total. The highest BCUT2D eigenvalue weighted by Crippen LogP contribution is 2.26. The summed E-state index contributed by atoms with van der Waals surface area (Å²) in [5.41, 5.74) is 1.70. The van der Waals surface area contributed by atoms with Crippen LogP contribution in [0.4, 0.5) is 4.79 Å². The number of carbonyl (C=O) groups is 2. The maximum absolute atomic E-state index is 12.9. The van der Waals surface area contributed by atoms with Gasteiger partial charge in [0.2, 0.25) is 0 Å². The summed E-state index contributed by atoms with van der Waals surface area (Å²) in [6.07, 6.45) is 0.385. The first-order valence-corrected chi connectivity index (χ1v) is 8.28. The second kappa shape index (κ2) is 8.04. The van der Waals surface area contributed by atoms with E-state index in [1.807, 2.05) is 18.2 Å². The van der Waals surface area contributed by atoms with Crippen molar-refractivity contribution in [1.82, 2.24) is 9.80 Å². The fourth-order valence-corrected chi connectivity index (χ4v) is 2.85. The first kappa shape index (κ1) is 18.1. The molecule has 1 fully saturated rings. The fourth-order valence-electron chi connectivity index (χ4n) is 2.85. The van der Waals surface area contributed by atoms with E-state index < -0.39 is 0 Å². The number of methoxy groups -OCH3 is 2. The Kier molecular flexibility index (Phi) is 6.06. The number of rotatable bonds is 3. The number of carbonyl (C=O) groups excluding carboxylic acids is 2. The summed E-state index contributed by atoms with van der Waals surface area (Å²) in [7, 11) is 2.95. The average molecular weight is 334 g/mol.